The molecule has 0 aliphatic carbocycles. The molecule has 4 nitrogen and oxygen atoms in total. The molecule has 0 unspecified atom stereocenters. The maximum absolute atomic E-state index is 10.7. The van der Waals surface area contributed by atoms with E-state index in [4.69, 9.17) is 5.11 Å². The lowest BCUT2D eigenvalue weighted by molar-refractivity contribution is -0.138. The van der Waals surface area contributed by atoms with Gasteiger partial charge in [-0.05, 0) is 35.4 Å². The highest BCUT2D eigenvalue weighted by atomic mass is 32.1. The van der Waals surface area contributed by atoms with E-state index in [-0.39, 0.29) is 6.54 Å². The van der Waals surface area contributed by atoms with Crippen molar-refractivity contribution in [2.45, 2.75) is 13.0 Å². The Morgan fingerprint density at radius 2 is 2.06 bits per heavy atom. The monoisotopic (exact) mass is 254 g/mol. The van der Waals surface area contributed by atoms with Crippen LogP contribution in [0.1, 0.15) is 12.0 Å². The lowest BCUT2D eigenvalue weighted by Crippen LogP contribution is -2.33. The van der Waals surface area contributed by atoms with E-state index in [2.05, 4.69) is 21.7 Å². The summed E-state index contributed by atoms with van der Waals surface area (Å²) in [5.74, 6) is -0.726. The quantitative estimate of drug-likeness (QED) is 0.880. The molecule has 94 valence electrons. The van der Waals surface area contributed by atoms with Crippen molar-refractivity contribution in [3.05, 3.63) is 22.4 Å². The molecular formula is C12H18N2O2S. The number of rotatable bonds is 4. The van der Waals surface area contributed by atoms with Gasteiger partial charge in [-0.25, -0.2) is 0 Å². The van der Waals surface area contributed by atoms with Crippen molar-refractivity contribution in [2.24, 2.45) is 0 Å². The van der Waals surface area contributed by atoms with Crippen LogP contribution in [0.2, 0.25) is 0 Å². The SMILES string of the molecule is O=C(O)CN1CCCN(Cc2ccsc2)CC1. The third-order valence-electron chi connectivity index (χ3n) is 3.03. The molecule has 1 aliphatic heterocycles. The molecule has 0 bridgehead atoms. The maximum Gasteiger partial charge on any atom is 0.317 e. The molecule has 2 heterocycles. The van der Waals surface area contributed by atoms with E-state index in [0.29, 0.717) is 0 Å². The highest BCUT2D eigenvalue weighted by Crippen LogP contribution is 2.11. The fourth-order valence-corrected chi connectivity index (χ4v) is 2.83. The minimum atomic E-state index is -0.726. The molecule has 0 amide bonds. The predicted molar refractivity (Wildman–Crippen MR) is 68.3 cm³/mol. The minimum Gasteiger partial charge on any atom is -0.480 e. The van der Waals surface area contributed by atoms with Gasteiger partial charge in [0.15, 0.2) is 0 Å². The molecular weight excluding hydrogens is 236 g/mol. The van der Waals surface area contributed by atoms with Crippen LogP contribution in [0.15, 0.2) is 16.8 Å². The van der Waals surface area contributed by atoms with Gasteiger partial charge in [0.1, 0.15) is 0 Å². The van der Waals surface area contributed by atoms with Crippen LogP contribution in [0.25, 0.3) is 0 Å². The summed E-state index contributed by atoms with van der Waals surface area (Å²) in [6.07, 6.45) is 1.05. The third-order valence-corrected chi connectivity index (χ3v) is 3.76. The van der Waals surface area contributed by atoms with E-state index < -0.39 is 5.97 Å². The Kier molecular flexibility index (Phi) is 4.53. The fourth-order valence-electron chi connectivity index (χ4n) is 2.17. The highest BCUT2D eigenvalue weighted by molar-refractivity contribution is 7.07. The summed E-state index contributed by atoms with van der Waals surface area (Å²) >= 11 is 1.73. The molecule has 1 saturated heterocycles. The van der Waals surface area contributed by atoms with Gasteiger partial charge in [0.25, 0.3) is 0 Å². The number of aliphatic carboxylic acids is 1. The van der Waals surface area contributed by atoms with Gasteiger partial charge in [-0.2, -0.15) is 11.3 Å². The Balaban J connectivity index is 1.81. The molecule has 1 aromatic rings. The van der Waals surface area contributed by atoms with Crippen LogP contribution in [0.4, 0.5) is 0 Å². The van der Waals surface area contributed by atoms with Gasteiger partial charge in [0, 0.05) is 26.2 Å². The van der Waals surface area contributed by atoms with Crippen LogP contribution >= 0.6 is 11.3 Å². The fraction of sp³-hybridized carbons (Fsp3) is 0.583. The summed E-state index contributed by atoms with van der Waals surface area (Å²) in [5.41, 5.74) is 1.36. The zero-order valence-electron chi connectivity index (χ0n) is 9.84. The van der Waals surface area contributed by atoms with E-state index in [1.807, 2.05) is 4.90 Å². The number of nitrogens with zero attached hydrogens (tertiary/aromatic N) is 2. The first kappa shape index (κ1) is 12.5. The summed E-state index contributed by atoms with van der Waals surface area (Å²) < 4.78 is 0. The highest BCUT2D eigenvalue weighted by Gasteiger charge is 2.16. The van der Waals surface area contributed by atoms with Crippen LogP contribution in [0.5, 0.6) is 0 Å². The maximum atomic E-state index is 10.7. The first-order chi connectivity index (χ1) is 8.24. The molecule has 1 aliphatic rings. The van der Waals surface area contributed by atoms with Gasteiger partial charge >= 0.3 is 5.97 Å². The van der Waals surface area contributed by atoms with Crippen molar-refractivity contribution in [3.63, 3.8) is 0 Å². The number of carboxylic acid groups (broad SMARTS) is 1. The van der Waals surface area contributed by atoms with E-state index in [1.54, 1.807) is 11.3 Å². The lowest BCUT2D eigenvalue weighted by Gasteiger charge is -2.20. The Morgan fingerprint density at radius 3 is 2.76 bits per heavy atom. The van der Waals surface area contributed by atoms with Gasteiger partial charge in [-0.1, -0.05) is 0 Å². The Hall–Kier alpha value is -0.910. The van der Waals surface area contributed by atoms with Crippen molar-refractivity contribution in [1.82, 2.24) is 9.80 Å². The molecule has 0 atom stereocenters. The van der Waals surface area contributed by atoms with Crippen molar-refractivity contribution in [3.8, 4) is 0 Å². The second-order valence-corrected chi connectivity index (χ2v) is 5.21. The van der Waals surface area contributed by atoms with E-state index in [0.717, 1.165) is 39.1 Å². The molecule has 5 heteroatoms. The van der Waals surface area contributed by atoms with Crippen LogP contribution in [0.3, 0.4) is 0 Å². The Morgan fingerprint density at radius 1 is 1.29 bits per heavy atom. The second-order valence-electron chi connectivity index (χ2n) is 4.43. The average Bonchev–Trinajstić information content (AvgIpc) is 2.68. The van der Waals surface area contributed by atoms with Gasteiger partial charge in [-0.15, -0.1) is 0 Å². The Bertz CT molecular complexity index is 353. The topological polar surface area (TPSA) is 43.8 Å². The van der Waals surface area contributed by atoms with Crippen LogP contribution < -0.4 is 0 Å². The first-order valence-corrected chi connectivity index (χ1v) is 6.86. The number of thiophene rings is 1. The predicted octanol–water partition coefficient (Wildman–Crippen LogP) is 1.34. The lowest BCUT2D eigenvalue weighted by atomic mass is 10.3. The summed E-state index contributed by atoms with van der Waals surface area (Å²) in [6, 6.07) is 2.16. The normalized spacial score (nSPS) is 19.1. The average molecular weight is 254 g/mol. The number of hydrogen-bond donors (Lipinski definition) is 1. The van der Waals surface area contributed by atoms with Crippen LogP contribution in [-0.2, 0) is 11.3 Å². The standard InChI is InChI=1S/C12H18N2O2S/c15-12(16)9-14-4-1-3-13(5-6-14)8-11-2-7-17-10-11/h2,7,10H,1,3-6,8-9H2,(H,15,16). The molecule has 1 fully saturated rings. The molecule has 2 rings (SSSR count). The van der Waals surface area contributed by atoms with Crippen molar-refractivity contribution in [1.29, 1.82) is 0 Å². The molecule has 0 saturated carbocycles. The first-order valence-electron chi connectivity index (χ1n) is 5.91. The van der Waals surface area contributed by atoms with Crippen molar-refractivity contribution >= 4 is 17.3 Å². The smallest absolute Gasteiger partial charge is 0.317 e. The van der Waals surface area contributed by atoms with Crippen LogP contribution in [-0.4, -0.2) is 53.6 Å². The molecule has 0 radical (unpaired) electrons. The molecule has 0 aromatic carbocycles. The summed E-state index contributed by atoms with van der Waals surface area (Å²) in [7, 11) is 0. The number of hydrogen-bond acceptors (Lipinski definition) is 4. The number of carboxylic acids is 1. The van der Waals surface area contributed by atoms with E-state index in [9.17, 15) is 4.79 Å². The van der Waals surface area contributed by atoms with Crippen LogP contribution in [0, 0.1) is 0 Å². The third kappa shape index (κ3) is 4.11. The zero-order chi connectivity index (χ0) is 12.1. The summed E-state index contributed by atoms with van der Waals surface area (Å²) in [6.45, 7) is 4.94. The van der Waals surface area contributed by atoms with Crippen molar-refractivity contribution in [2.75, 3.05) is 32.7 Å². The Labute approximate surface area is 105 Å². The molecule has 0 spiro atoms. The van der Waals surface area contributed by atoms with Gasteiger partial charge in [0.05, 0.1) is 6.54 Å². The second kappa shape index (κ2) is 6.14. The van der Waals surface area contributed by atoms with Crippen molar-refractivity contribution < 1.29 is 9.90 Å². The van der Waals surface area contributed by atoms with E-state index >= 15 is 0 Å². The summed E-state index contributed by atoms with van der Waals surface area (Å²) in [4.78, 5) is 15.1. The van der Waals surface area contributed by atoms with Gasteiger partial charge in [-0.3, -0.25) is 14.6 Å². The van der Waals surface area contributed by atoms with Gasteiger partial charge in [0.2, 0.25) is 0 Å². The largest absolute Gasteiger partial charge is 0.480 e. The molecule has 1 aromatic heterocycles. The number of carbonyl (C=O) groups is 1. The van der Waals surface area contributed by atoms with Gasteiger partial charge < -0.3 is 5.11 Å². The summed E-state index contributed by atoms with van der Waals surface area (Å²) in [5, 5.41) is 13.1. The van der Waals surface area contributed by atoms with E-state index in [1.165, 1.54) is 5.56 Å². The minimum absolute atomic E-state index is 0.173. The molecule has 17 heavy (non-hydrogen) atoms. The zero-order valence-corrected chi connectivity index (χ0v) is 10.7. The molecule has 1 N–H and O–H groups in total.